The molecule has 0 aromatic heterocycles. The van der Waals surface area contributed by atoms with E-state index in [0.717, 1.165) is 32.1 Å². The molecule has 1 unspecified atom stereocenters. The fourth-order valence-corrected chi connectivity index (χ4v) is 15.0. The lowest BCUT2D eigenvalue weighted by Gasteiger charge is -2.58. The molecule has 31 atom stereocenters. The van der Waals surface area contributed by atoms with Gasteiger partial charge in [0.15, 0.2) is 30.9 Å². The standard InChI is InChI=1S/C51H84O24/c1-20(18-67-45-40(62)37(59)33(55)28(15-52)70-45)7-12-51(66)21(2)32-27(75-51)14-26-24-6-5-22-13-23(8-10-49(22,3)25(24)9-11-50(26,32)4)69-47-41(63)39(61)35(57)31(73-47)19-68-46-43(65)44(36(58)30(17-54)71-46)74-48-42(64)38(60)34(56)29(16-53)72-48/h5,20-21,23-48,52-66H,6-19H2,1-4H3/t20?,21-,23-,24+,25-,26-,27-,28+,29+,30+,31+,32-,33+,34+,35+,36+,37-,38-,39-,40+,41+,42+,43+,44-,45+,46+,47+,48-,49-,50-,51+/m0/s1. The first-order chi connectivity index (χ1) is 35.5. The van der Waals surface area contributed by atoms with Gasteiger partial charge in [-0.25, -0.2) is 0 Å². The molecule has 0 radical (unpaired) electrons. The monoisotopic (exact) mass is 1080 g/mol. The van der Waals surface area contributed by atoms with Gasteiger partial charge in [0, 0.05) is 12.3 Å². The third-order valence-corrected chi connectivity index (χ3v) is 19.5. The molecule has 9 aliphatic rings. The first-order valence-corrected chi connectivity index (χ1v) is 27.1. The fraction of sp³-hybridized carbons (Fsp3) is 0.961. The van der Waals surface area contributed by atoms with Crippen LogP contribution in [0.1, 0.15) is 85.5 Å². The number of aliphatic hydroxyl groups is 15. The van der Waals surface area contributed by atoms with Crippen LogP contribution in [0.15, 0.2) is 11.6 Å². The van der Waals surface area contributed by atoms with E-state index in [4.69, 9.17) is 42.6 Å². The number of fused-ring (bicyclic) bond motifs is 7. The van der Waals surface area contributed by atoms with Gasteiger partial charge < -0.3 is 119 Å². The van der Waals surface area contributed by atoms with Crippen LogP contribution in [0.3, 0.4) is 0 Å². The Balaban J connectivity index is 0.781. The predicted octanol–water partition coefficient (Wildman–Crippen LogP) is -4.03. The first-order valence-electron chi connectivity index (χ1n) is 27.1. The summed E-state index contributed by atoms with van der Waals surface area (Å²) in [6.45, 7) is 6.27. The normalized spacial score (nSPS) is 54.3. The Kier molecular flexibility index (Phi) is 17.9. The van der Waals surface area contributed by atoms with Crippen LogP contribution in [0.25, 0.3) is 0 Å². The second-order valence-corrected chi connectivity index (χ2v) is 23.9. The van der Waals surface area contributed by atoms with Gasteiger partial charge >= 0.3 is 0 Å². The Hall–Kier alpha value is -1.22. The van der Waals surface area contributed by atoms with Gasteiger partial charge in [-0.05, 0) is 91.8 Å². The Morgan fingerprint density at radius 3 is 1.80 bits per heavy atom. The van der Waals surface area contributed by atoms with Gasteiger partial charge in [-0.1, -0.05) is 39.3 Å². The summed E-state index contributed by atoms with van der Waals surface area (Å²) in [6, 6.07) is 0. The molecule has 432 valence electrons. The molecule has 0 spiro atoms. The molecule has 75 heavy (non-hydrogen) atoms. The molecule has 0 aromatic carbocycles. The molecule has 24 heteroatoms. The van der Waals surface area contributed by atoms with Gasteiger partial charge in [0.05, 0.1) is 45.2 Å². The summed E-state index contributed by atoms with van der Waals surface area (Å²) in [4.78, 5) is 0. The Labute approximate surface area is 435 Å². The van der Waals surface area contributed by atoms with Crippen molar-refractivity contribution in [3.05, 3.63) is 11.6 Å². The first kappa shape index (κ1) is 58.4. The molecule has 15 N–H and O–H groups in total. The van der Waals surface area contributed by atoms with Crippen molar-refractivity contribution in [2.45, 2.75) is 226 Å². The zero-order valence-electron chi connectivity index (χ0n) is 43.0. The van der Waals surface area contributed by atoms with Crippen LogP contribution >= 0.6 is 0 Å². The molecule has 8 fully saturated rings. The minimum absolute atomic E-state index is 0.0533. The third kappa shape index (κ3) is 10.7. The van der Waals surface area contributed by atoms with Crippen molar-refractivity contribution < 1.29 is 119 Å². The fourth-order valence-electron chi connectivity index (χ4n) is 15.0. The molecule has 0 aromatic rings. The zero-order chi connectivity index (χ0) is 54.2. The average Bonchev–Trinajstić information content (AvgIpc) is 3.89. The Morgan fingerprint density at radius 2 is 1.17 bits per heavy atom. The van der Waals surface area contributed by atoms with Crippen LogP contribution in [0.5, 0.6) is 0 Å². The minimum atomic E-state index is -1.87. The lowest BCUT2D eigenvalue weighted by molar-refractivity contribution is -0.366. The van der Waals surface area contributed by atoms with Gasteiger partial charge in [0.1, 0.15) is 97.7 Å². The summed E-state index contributed by atoms with van der Waals surface area (Å²) in [6.07, 6.45) is -23.0. The van der Waals surface area contributed by atoms with Gasteiger partial charge in [-0.2, -0.15) is 0 Å². The van der Waals surface area contributed by atoms with Crippen molar-refractivity contribution in [3.8, 4) is 0 Å². The largest absolute Gasteiger partial charge is 0.394 e. The van der Waals surface area contributed by atoms with Crippen LogP contribution in [0, 0.1) is 46.3 Å². The van der Waals surface area contributed by atoms with Crippen molar-refractivity contribution in [2.75, 3.05) is 33.0 Å². The van der Waals surface area contributed by atoms with E-state index < -0.39 is 161 Å². The number of hydrogen-bond donors (Lipinski definition) is 15. The third-order valence-electron chi connectivity index (χ3n) is 19.5. The van der Waals surface area contributed by atoms with E-state index in [1.165, 1.54) is 5.57 Å². The van der Waals surface area contributed by atoms with Crippen LogP contribution in [0.2, 0.25) is 0 Å². The maximum absolute atomic E-state index is 12.1. The molecule has 24 nitrogen and oxygen atoms in total. The molecule has 3 saturated carbocycles. The molecular formula is C51H84O24. The molecular weight excluding hydrogens is 997 g/mol. The number of rotatable bonds is 16. The van der Waals surface area contributed by atoms with Gasteiger partial charge in [0.2, 0.25) is 0 Å². The lowest BCUT2D eigenvalue weighted by Crippen LogP contribution is -2.65. The SMILES string of the molecule is CC(CC[C@@]1(O)O[C@H]2C[C@H]3[C@@H]4CC=C5C[C@@H](O[C@@H]6O[C@H](CO[C@@H]7O[C@H](CO)[C@@H](O)[C@H](O[C@@H]8O[C@H](CO)[C@@H](O)[C@H](O)[C@H]8O)[C@H]7O)[C@@H](O)[C@H](O)[C@H]6O)CC[C@]5(C)[C@H]4CC[C@]3(C)[C@H]2[C@@H]1C)CO[C@@H]1O[C@H](CO)[C@@H](O)[C@H](O)[C@H]1O. The zero-order valence-corrected chi connectivity index (χ0v) is 43.0. The highest BCUT2D eigenvalue weighted by Gasteiger charge is 2.68. The highest BCUT2D eigenvalue weighted by molar-refractivity contribution is 5.26. The van der Waals surface area contributed by atoms with Gasteiger partial charge in [-0.15, -0.1) is 0 Å². The van der Waals surface area contributed by atoms with Crippen molar-refractivity contribution >= 4 is 0 Å². The quantitative estimate of drug-likeness (QED) is 0.0655. The van der Waals surface area contributed by atoms with Crippen molar-refractivity contribution in [3.63, 3.8) is 0 Å². The average molecular weight is 1080 g/mol. The highest BCUT2D eigenvalue weighted by atomic mass is 16.8. The molecule has 5 aliphatic heterocycles. The van der Waals surface area contributed by atoms with E-state index in [9.17, 15) is 76.6 Å². The van der Waals surface area contributed by atoms with Crippen molar-refractivity contribution in [1.29, 1.82) is 0 Å². The van der Waals surface area contributed by atoms with Crippen LogP contribution in [-0.4, -0.2) is 250 Å². The summed E-state index contributed by atoms with van der Waals surface area (Å²) in [5.74, 6) is -0.202. The maximum atomic E-state index is 12.1. The maximum Gasteiger partial charge on any atom is 0.187 e. The molecule has 0 amide bonds. The molecule has 4 aliphatic carbocycles. The second-order valence-electron chi connectivity index (χ2n) is 23.9. The van der Waals surface area contributed by atoms with E-state index in [0.29, 0.717) is 43.4 Å². The number of allylic oxidation sites excluding steroid dienone is 1. The van der Waals surface area contributed by atoms with E-state index in [-0.39, 0.29) is 41.3 Å². The van der Waals surface area contributed by atoms with Crippen LogP contribution < -0.4 is 0 Å². The van der Waals surface area contributed by atoms with Crippen LogP contribution in [-0.2, 0) is 42.6 Å². The second kappa shape index (κ2) is 23.0. The molecule has 5 saturated heterocycles. The number of ether oxygens (including phenoxy) is 9. The van der Waals surface area contributed by atoms with Crippen molar-refractivity contribution in [2.24, 2.45) is 46.3 Å². The van der Waals surface area contributed by atoms with E-state index in [1.807, 2.05) is 6.92 Å². The smallest absolute Gasteiger partial charge is 0.187 e. The minimum Gasteiger partial charge on any atom is -0.394 e. The summed E-state index contributed by atoms with van der Waals surface area (Å²) in [5, 5.41) is 158. The summed E-state index contributed by atoms with van der Waals surface area (Å²) >= 11 is 0. The summed E-state index contributed by atoms with van der Waals surface area (Å²) < 4.78 is 52.9. The summed E-state index contributed by atoms with van der Waals surface area (Å²) in [5.41, 5.74) is 1.09. The molecule has 9 rings (SSSR count). The summed E-state index contributed by atoms with van der Waals surface area (Å²) in [7, 11) is 0. The Morgan fingerprint density at radius 1 is 0.627 bits per heavy atom. The lowest BCUT2D eigenvalue weighted by atomic mass is 9.47. The molecule has 5 heterocycles. The number of aliphatic hydroxyl groups excluding tert-OH is 14. The molecule has 0 bridgehead atoms. The van der Waals surface area contributed by atoms with Crippen molar-refractivity contribution in [1.82, 2.24) is 0 Å². The van der Waals surface area contributed by atoms with Gasteiger partial charge in [-0.3, -0.25) is 0 Å². The van der Waals surface area contributed by atoms with E-state index in [2.05, 4.69) is 26.8 Å². The van der Waals surface area contributed by atoms with E-state index in [1.54, 1.807) is 0 Å². The van der Waals surface area contributed by atoms with E-state index >= 15 is 0 Å². The van der Waals surface area contributed by atoms with Gasteiger partial charge in [0.25, 0.3) is 0 Å². The topological polar surface area (TPSA) is 387 Å². The predicted molar refractivity (Wildman–Crippen MR) is 252 cm³/mol. The highest BCUT2D eigenvalue weighted by Crippen LogP contribution is 2.70. The number of hydrogen-bond acceptors (Lipinski definition) is 24. The van der Waals surface area contributed by atoms with Crippen LogP contribution in [0.4, 0.5) is 0 Å². The Bertz CT molecular complexity index is 1930.